The van der Waals surface area contributed by atoms with Crippen molar-refractivity contribution in [1.82, 2.24) is 4.68 Å². The molecule has 1 fully saturated rings. The van der Waals surface area contributed by atoms with Crippen molar-refractivity contribution in [2.45, 2.75) is 26.7 Å². The van der Waals surface area contributed by atoms with Crippen molar-refractivity contribution in [2.24, 2.45) is 27.3 Å². The molecule has 1 saturated carbocycles. The van der Waals surface area contributed by atoms with Crippen LogP contribution >= 0.6 is 34.5 Å². The largest absolute Gasteiger partial charge is 0.294 e. The average Bonchev–Trinajstić information content (AvgIpc) is 3.21. The van der Waals surface area contributed by atoms with Gasteiger partial charge in [-0.2, -0.15) is 5.10 Å². The van der Waals surface area contributed by atoms with E-state index < -0.39 is 4.92 Å². The molecular formula is C25H22Cl2N4O2S. The van der Waals surface area contributed by atoms with Crippen molar-refractivity contribution in [3.8, 4) is 11.3 Å². The number of allylic oxidation sites excluding steroid dienone is 2. The normalized spacial score (nSPS) is 21.4. The smallest absolute Gasteiger partial charge is 0.258 e. The van der Waals surface area contributed by atoms with Gasteiger partial charge in [0, 0.05) is 22.0 Å². The van der Waals surface area contributed by atoms with Gasteiger partial charge >= 0.3 is 0 Å². The maximum absolute atomic E-state index is 11.5. The minimum atomic E-state index is -0.434. The summed E-state index contributed by atoms with van der Waals surface area (Å²) in [6.45, 7) is 4.63. The molecule has 2 bridgehead atoms. The highest BCUT2D eigenvalue weighted by Crippen LogP contribution is 2.58. The SMILES string of the molecule is CC1(C)C2CC=C(C=Nn3c(-c4cc(Cl)ccc4Cl)csc3=Nc3ccccc3[N+](=O)[O-])C1C2. The first-order chi connectivity index (χ1) is 16.3. The predicted molar refractivity (Wildman–Crippen MR) is 138 cm³/mol. The molecule has 0 spiro atoms. The second-order valence-electron chi connectivity index (χ2n) is 9.19. The number of aromatic nitrogens is 1. The summed E-state index contributed by atoms with van der Waals surface area (Å²) in [6.07, 6.45) is 6.40. The van der Waals surface area contributed by atoms with Crippen molar-refractivity contribution in [1.29, 1.82) is 0 Å². The molecule has 9 heteroatoms. The van der Waals surface area contributed by atoms with Gasteiger partial charge in [-0.15, -0.1) is 11.3 Å². The Morgan fingerprint density at radius 2 is 2.03 bits per heavy atom. The molecule has 3 aromatic rings. The van der Waals surface area contributed by atoms with Crippen LogP contribution in [0.1, 0.15) is 26.7 Å². The molecular weight excluding hydrogens is 491 g/mol. The second kappa shape index (κ2) is 8.80. The number of rotatable bonds is 5. The van der Waals surface area contributed by atoms with Gasteiger partial charge < -0.3 is 0 Å². The fourth-order valence-electron chi connectivity index (χ4n) is 4.85. The van der Waals surface area contributed by atoms with Crippen molar-refractivity contribution in [3.05, 3.63) is 84.5 Å². The molecule has 2 unspecified atom stereocenters. The molecule has 6 nitrogen and oxygen atoms in total. The zero-order chi connectivity index (χ0) is 24.0. The molecule has 3 aliphatic rings. The van der Waals surface area contributed by atoms with Gasteiger partial charge in [0.2, 0.25) is 4.80 Å². The van der Waals surface area contributed by atoms with Crippen molar-refractivity contribution >= 4 is 52.1 Å². The fourth-order valence-corrected chi connectivity index (χ4v) is 6.08. The number of nitro groups is 1. The third-order valence-corrected chi connectivity index (χ3v) is 8.40. The Labute approximate surface area is 211 Å². The lowest BCUT2D eigenvalue weighted by atomic mass is 9.49. The zero-order valence-electron chi connectivity index (χ0n) is 18.6. The Kier molecular flexibility index (Phi) is 5.96. The summed E-state index contributed by atoms with van der Waals surface area (Å²) in [5, 5.41) is 19.3. The molecule has 174 valence electrons. The van der Waals surface area contributed by atoms with Gasteiger partial charge in [0.25, 0.3) is 5.69 Å². The summed E-state index contributed by atoms with van der Waals surface area (Å²) in [6, 6.07) is 11.7. The topological polar surface area (TPSA) is 72.8 Å². The molecule has 0 saturated heterocycles. The number of hydrogen-bond acceptors (Lipinski definition) is 5. The number of nitro benzene ring substituents is 1. The molecule has 3 aliphatic carbocycles. The molecule has 6 rings (SSSR count). The van der Waals surface area contributed by atoms with E-state index in [0.717, 1.165) is 12.3 Å². The van der Waals surface area contributed by atoms with Crippen molar-refractivity contribution in [3.63, 3.8) is 0 Å². The molecule has 2 atom stereocenters. The van der Waals surface area contributed by atoms with Gasteiger partial charge in [0.15, 0.2) is 0 Å². The second-order valence-corrected chi connectivity index (χ2v) is 10.9. The standard InChI is InChI=1S/C25H22Cl2N4O2S/c1-25(2)16-8-7-15(19(25)11-16)13-28-30-23(18-12-17(26)9-10-20(18)27)14-34-24(30)29-21-5-3-4-6-22(21)31(32)33/h3-7,9-10,12-14,16,19H,8,11H2,1-2H3. The van der Waals surface area contributed by atoms with Crippen LogP contribution in [0.25, 0.3) is 11.3 Å². The van der Waals surface area contributed by atoms with E-state index in [2.05, 4.69) is 24.9 Å². The van der Waals surface area contributed by atoms with Crippen LogP contribution in [0.5, 0.6) is 0 Å². The van der Waals surface area contributed by atoms with E-state index in [9.17, 15) is 10.1 Å². The van der Waals surface area contributed by atoms with E-state index in [-0.39, 0.29) is 16.8 Å². The van der Waals surface area contributed by atoms with Crippen LogP contribution in [-0.4, -0.2) is 15.8 Å². The summed E-state index contributed by atoms with van der Waals surface area (Å²) >= 11 is 14.1. The Balaban J connectivity index is 1.65. The van der Waals surface area contributed by atoms with Crippen LogP contribution in [0.15, 0.2) is 69.6 Å². The quantitative estimate of drug-likeness (QED) is 0.201. The van der Waals surface area contributed by atoms with E-state index in [1.54, 1.807) is 41.1 Å². The zero-order valence-corrected chi connectivity index (χ0v) is 20.9. The third kappa shape index (κ3) is 4.02. The van der Waals surface area contributed by atoms with Gasteiger partial charge in [0.05, 0.1) is 21.9 Å². The highest BCUT2D eigenvalue weighted by molar-refractivity contribution is 7.07. The van der Waals surface area contributed by atoms with Gasteiger partial charge in [-0.1, -0.05) is 55.3 Å². The monoisotopic (exact) mass is 512 g/mol. The Morgan fingerprint density at radius 1 is 1.24 bits per heavy atom. The maximum atomic E-state index is 11.5. The molecule has 0 radical (unpaired) electrons. The van der Waals surface area contributed by atoms with E-state index in [1.165, 1.54) is 29.4 Å². The van der Waals surface area contributed by atoms with Gasteiger partial charge in [0.1, 0.15) is 5.69 Å². The lowest BCUT2D eigenvalue weighted by Crippen LogP contribution is -2.48. The Bertz CT molecular complexity index is 1420. The van der Waals surface area contributed by atoms with Crippen LogP contribution in [0.4, 0.5) is 11.4 Å². The van der Waals surface area contributed by atoms with Crippen LogP contribution in [0, 0.1) is 27.4 Å². The van der Waals surface area contributed by atoms with Gasteiger partial charge in [-0.3, -0.25) is 10.1 Å². The molecule has 1 heterocycles. The number of thiazole rings is 1. The van der Waals surface area contributed by atoms with Crippen LogP contribution < -0.4 is 4.80 Å². The Hall–Kier alpha value is -2.74. The summed E-state index contributed by atoms with van der Waals surface area (Å²) in [7, 11) is 0. The number of nitrogens with zero attached hydrogens (tertiary/aromatic N) is 4. The van der Waals surface area contributed by atoms with Gasteiger partial charge in [-0.25, -0.2) is 9.67 Å². The lowest BCUT2D eigenvalue weighted by Gasteiger charge is -2.55. The van der Waals surface area contributed by atoms with Crippen LogP contribution in [-0.2, 0) is 0 Å². The minimum absolute atomic E-state index is 0.0639. The van der Waals surface area contributed by atoms with E-state index >= 15 is 0 Å². The first kappa shape index (κ1) is 23.0. The molecule has 2 aromatic carbocycles. The lowest BCUT2D eigenvalue weighted by molar-refractivity contribution is -0.384. The molecule has 0 amide bonds. The summed E-state index contributed by atoms with van der Waals surface area (Å²) in [4.78, 5) is 16.2. The van der Waals surface area contributed by atoms with E-state index in [4.69, 9.17) is 28.3 Å². The summed E-state index contributed by atoms with van der Waals surface area (Å²) in [5.41, 5.74) is 3.12. The van der Waals surface area contributed by atoms with Crippen LogP contribution in [0.3, 0.4) is 0 Å². The Morgan fingerprint density at radius 3 is 2.76 bits per heavy atom. The minimum Gasteiger partial charge on any atom is -0.258 e. The van der Waals surface area contributed by atoms with Gasteiger partial charge in [-0.05, 0) is 59.9 Å². The molecule has 0 N–H and O–H groups in total. The average molecular weight is 513 g/mol. The predicted octanol–water partition coefficient (Wildman–Crippen LogP) is 7.49. The van der Waals surface area contributed by atoms with Crippen molar-refractivity contribution in [2.75, 3.05) is 0 Å². The summed E-state index contributed by atoms with van der Waals surface area (Å²) in [5.74, 6) is 1.21. The fraction of sp³-hybridized carbons (Fsp3) is 0.280. The number of benzene rings is 2. The first-order valence-electron chi connectivity index (χ1n) is 10.9. The van der Waals surface area contributed by atoms with Crippen molar-refractivity contribution < 1.29 is 4.92 Å². The highest BCUT2D eigenvalue weighted by Gasteiger charge is 2.50. The highest BCUT2D eigenvalue weighted by atomic mass is 35.5. The number of para-hydroxylation sites is 2. The number of halogens is 2. The summed E-state index contributed by atoms with van der Waals surface area (Å²) < 4.78 is 1.69. The number of fused-ring (bicyclic) bond motifs is 1. The molecule has 0 aliphatic heterocycles. The van der Waals surface area contributed by atoms with Crippen LogP contribution in [0.2, 0.25) is 10.0 Å². The first-order valence-corrected chi connectivity index (χ1v) is 12.6. The molecule has 34 heavy (non-hydrogen) atoms. The van der Waals surface area contributed by atoms with E-state index in [1.807, 2.05) is 11.6 Å². The number of hydrogen-bond donors (Lipinski definition) is 0. The third-order valence-electron chi connectivity index (χ3n) is 7.02. The maximum Gasteiger partial charge on any atom is 0.294 e. The van der Waals surface area contributed by atoms with E-state index in [0.29, 0.717) is 32.0 Å². The molecule has 1 aromatic heterocycles.